The molecule has 0 bridgehead atoms. The van der Waals surface area contributed by atoms with Crippen molar-refractivity contribution in [1.82, 2.24) is 4.57 Å². The Morgan fingerprint density at radius 3 is 2.47 bits per heavy atom. The highest BCUT2D eigenvalue weighted by molar-refractivity contribution is 14.1. The monoisotopic (exact) mass is 511 g/mol. The first-order valence-corrected chi connectivity index (χ1v) is 10.4. The van der Waals surface area contributed by atoms with Crippen LogP contribution in [0.5, 0.6) is 5.75 Å². The summed E-state index contributed by atoms with van der Waals surface area (Å²) in [4.78, 5) is 12.8. The number of carbonyl (C=O) groups excluding carboxylic acids is 1. The summed E-state index contributed by atoms with van der Waals surface area (Å²) in [6, 6.07) is 17.7. The fraction of sp³-hybridized carbons (Fsp3) is 0.167. The molecule has 0 aliphatic heterocycles. The Labute approximate surface area is 190 Å². The fourth-order valence-corrected chi connectivity index (χ4v) is 3.69. The lowest BCUT2D eigenvalue weighted by Crippen LogP contribution is -2.14. The number of rotatable bonds is 5. The predicted octanol–water partition coefficient (Wildman–Crippen LogP) is 5.56. The molecule has 6 heteroatoms. The number of nitrogens with zero attached hydrogens (tertiary/aromatic N) is 2. The summed E-state index contributed by atoms with van der Waals surface area (Å²) in [5.41, 5.74) is 5.40. The van der Waals surface area contributed by atoms with Gasteiger partial charge in [0, 0.05) is 20.6 Å². The van der Waals surface area contributed by atoms with Crippen molar-refractivity contribution in [1.29, 1.82) is 5.26 Å². The maximum Gasteiger partial charge on any atom is 0.266 e. The molecule has 0 radical (unpaired) electrons. The van der Waals surface area contributed by atoms with Gasteiger partial charge in [-0.05, 0) is 103 Å². The minimum absolute atomic E-state index is 0.0291. The van der Waals surface area contributed by atoms with Gasteiger partial charge in [-0.25, -0.2) is 0 Å². The number of nitriles is 1. The number of amides is 1. The van der Waals surface area contributed by atoms with Crippen molar-refractivity contribution in [3.8, 4) is 17.5 Å². The third-order valence-electron chi connectivity index (χ3n) is 4.82. The van der Waals surface area contributed by atoms with Crippen LogP contribution in [0.3, 0.4) is 0 Å². The second-order valence-electron chi connectivity index (χ2n) is 6.97. The zero-order chi connectivity index (χ0) is 21.8. The number of methoxy groups -OCH3 is 1. The Morgan fingerprint density at radius 2 is 1.83 bits per heavy atom. The molecule has 0 aliphatic rings. The van der Waals surface area contributed by atoms with E-state index in [1.807, 2.05) is 57.2 Å². The molecule has 3 rings (SSSR count). The van der Waals surface area contributed by atoms with E-state index in [0.717, 1.165) is 31.8 Å². The molecule has 5 nitrogen and oxygen atoms in total. The highest BCUT2D eigenvalue weighted by atomic mass is 127. The normalized spacial score (nSPS) is 11.1. The number of nitrogens with one attached hydrogen (secondary N) is 1. The summed E-state index contributed by atoms with van der Waals surface area (Å²) in [5.74, 6) is 0.0728. The topological polar surface area (TPSA) is 67.0 Å². The van der Waals surface area contributed by atoms with Gasteiger partial charge in [-0.1, -0.05) is 6.07 Å². The largest absolute Gasteiger partial charge is 0.495 e. The van der Waals surface area contributed by atoms with Crippen LogP contribution < -0.4 is 10.1 Å². The van der Waals surface area contributed by atoms with Gasteiger partial charge in [0.25, 0.3) is 5.91 Å². The third-order valence-corrected chi connectivity index (χ3v) is 5.54. The lowest BCUT2D eigenvalue weighted by molar-refractivity contribution is -0.112. The van der Waals surface area contributed by atoms with Crippen molar-refractivity contribution in [3.05, 3.63) is 80.2 Å². The molecular formula is C24H22IN3O2. The van der Waals surface area contributed by atoms with Crippen LogP contribution in [-0.4, -0.2) is 17.6 Å². The van der Waals surface area contributed by atoms with E-state index < -0.39 is 5.91 Å². The van der Waals surface area contributed by atoms with Crippen LogP contribution in [0.1, 0.15) is 22.5 Å². The van der Waals surface area contributed by atoms with E-state index in [9.17, 15) is 10.1 Å². The van der Waals surface area contributed by atoms with Crippen LogP contribution in [0.25, 0.3) is 11.8 Å². The minimum Gasteiger partial charge on any atom is -0.495 e. The number of aryl methyl sites for hydroxylation is 2. The van der Waals surface area contributed by atoms with Crippen LogP contribution in [0.4, 0.5) is 5.69 Å². The summed E-state index contributed by atoms with van der Waals surface area (Å²) in [5, 5.41) is 12.4. The molecular weight excluding hydrogens is 489 g/mol. The first-order valence-electron chi connectivity index (χ1n) is 9.36. The molecule has 0 unspecified atom stereocenters. The molecule has 1 amide bonds. The SMILES string of the molecule is COc1ccc(C)cc1NC(=O)/C(C#N)=C/c1cc(C)n(-c2ccc(I)cc2)c1C. The van der Waals surface area contributed by atoms with Crippen molar-refractivity contribution in [2.75, 3.05) is 12.4 Å². The first-order chi connectivity index (χ1) is 14.3. The van der Waals surface area contributed by atoms with Gasteiger partial charge in [0.2, 0.25) is 0 Å². The maximum atomic E-state index is 12.8. The predicted molar refractivity (Wildman–Crippen MR) is 128 cm³/mol. The zero-order valence-electron chi connectivity index (χ0n) is 17.3. The number of benzene rings is 2. The van der Waals surface area contributed by atoms with Gasteiger partial charge in [0.15, 0.2) is 0 Å². The molecule has 3 aromatic rings. The number of hydrogen-bond donors (Lipinski definition) is 1. The van der Waals surface area contributed by atoms with Crippen LogP contribution in [-0.2, 0) is 4.79 Å². The van der Waals surface area contributed by atoms with E-state index in [4.69, 9.17) is 4.74 Å². The van der Waals surface area contributed by atoms with Gasteiger partial charge in [0.1, 0.15) is 17.4 Å². The molecule has 0 aliphatic carbocycles. The molecule has 1 heterocycles. The highest BCUT2D eigenvalue weighted by Crippen LogP contribution is 2.27. The maximum absolute atomic E-state index is 12.8. The van der Waals surface area contributed by atoms with Crippen LogP contribution in [0.15, 0.2) is 54.1 Å². The first kappa shape index (κ1) is 21.7. The van der Waals surface area contributed by atoms with Crippen molar-refractivity contribution >= 4 is 40.3 Å². The number of hydrogen-bond acceptors (Lipinski definition) is 3. The van der Waals surface area contributed by atoms with Crippen molar-refractivity contribution < 1.29 is 9.53 Å². The number of halogens is 1. The van der Waals surface area contributed by atoms with E-state index in [1.165, 1.54) is 0 Å². The smallest absolute Gasteiger partial charge is 0.266 e. The molecule has 0 spiro atoms. The molecule has 0 saturated heterocycles. The quantitative estimate of drug-likeness (QED) is 0.277. The van der Waals surface area contributed by atoms with Crippen LogP contribution in [0, 0.1) is 35.7 Å². The molecule has 30 heavy (non-hydrogen) atoms. The van der Waals surface area contributed by atoms with Crippen LogP contribution >= 0.6 is 22.6 Å². The number of anilines is 1. The van der Waals surface area contributed by atoms with E-state index in [-0.39, 0.29) is 5.57 Å². The third kappa shape index (κ3) is 4.57. The molecule has 0 saturated carbocycles. The minimum atomic E-state index is -0.472. The second-order valence-corrected chi connectivity index (χ2v) is 8.21. The van der Waals surface area contributed by atoms with Gasteiger partial charge in [-0.3, -0.25) is 4.79 Å². The van der Waals surface area contributed by atoms with Gasteiger partial charge in [-0.15, -0.1) is 0 Å². The summed E-state index contributed by atoms with van der Waals surface area (Å²) in [6.45, 7) is 5.91. The average Bonchev–Trinajstić information content (AvgIpc) is 3.00. The number of ether oxygens (including phenoxy) is 1. The van der Waals surface area contributed by atoms with Gasteiger partial charge in [0.05, 0.1) is 12.8 Å². The average molecular weight is 511 g/mol. The summed E-state index contributed by atoms with van der Waals surface area (Å²) < 4.78 is 8.58. The zero-order valence-corrected chi connectivity index (χ0v) is 19.4. The fourth-order valence-electron chi connectivity index (χ4n) is 3.33. The Morgan fingerprint density at radius 1 is 1.13 bits per heavy atom. The van der Waals surface area contributed by atoms with Gasteiger partial charge >= 0.3 is 0 Å². The van der Waals surface area contributed by atoms with Crippen molar-refractivity contribution in [2.24, 2.45) is 0 Å². The van der Waals surface area contributed by atoms with E-state index >= 15 is 0 Å². The second kappa shape index (κ2) is 9.18. The standard InChI is InChI=1S/C24H22IN3O2/c1-15-5-10-23(30-4)22(11-15)27-24(29)19(14-26)13-18-12-16(2)28(17(18)3)21-8-6-20(25)7-9-21/h5-13H,1-4H3,(H,27,29)/b19-13+. The molecule has 1 N–H and O–H groups in total. The molecule has 0 atom stereocenters. The Hall–Kier alpha value is -3.05. The van der Waals surface area contributed by atoms with Crippen LogP contribution in [0.2, 0.25) is 0 Å². The van der Waals surface area contributed by atoms with Gasteiger partial charge in [-0.2, -0.15) is 5.26 Å². The number of aromatic nitrogens is 1. The summed E-state index contributed by atoms with van der Waals surface area (Å²) in [7, 11) is 1.54. The molecule has 1 aromatic heterocycles. The van der Waals surface area contributed by atoms with Gasteiger partial charge < -0.3 is 14.6 Å². The molecule has 2 aromatic carbocycles. The Balaban J connectivity index is 1.94. The van der Waals surface area contributed by atoms with Crippen molar-refractivity contribution in [3.63, 3.8) is 0 Å². The molecule has 0 fully saturated rings. The highest BCUT2D eigenvalue weighted by Gasteiger charge is 2.15. The lowest BCUT2D eigenvalue weighted by atomic mass is 10.1. The Bertz CT molecular complexity index is 1170. The lowest BCUT2D eigenvalue weighted by Gasteiger charge is -2.11. The number of carbonyl (C=O) groups is 1. The van der Waals surface area contributed by atoms with E-state index in [1.54, 1.807) is 19.3 Å². The molecule has 152 valence electrons. The Kier molecular flexibility index (Phi) is 6.63. The van der Waals surface area contributed by atoms with Crippen molar-refractivity contribution in [2.45, 2.75) is 20.8 Å². The summed E-state index contributed by atoms with van der Waals surface area (Å²) >= 11 is 2.27. The van der Waals surface area contributed by atoms with E-state index in [2.05, 4.69) is 44.6 Å². The van der Waals surface area contributed by atoms with E-state index in [0.29, 0.717) is 11.4 Å². The summed E-state index contributed by atoms with van der Waals surface area (Å²) in [6.07, 6.45) is 1.63.